The number of halogens is 4. The minimum absolute atomic E-state index is 0.0239. The number of benzene rings is 1. The molecule has 84 valence electrons. The Hall–Kier alpha value is 0.290. The highest BCUT2D eigenvalue weighted by Gasteiger charge is 2.14. The van der Waals surface area contributed by atoms with E-state index in [0.717, 1.165) is 18.7 Å². The zero-order valence-electron chi connectivity index (χ0n) is 7.88. The van der Waals surface area contributed by atoms with Gasteiger partial charge in [0.1, 0.15) is 5.82 Å². The summed E-state index contributed by atoms with van der Waals surface area (Å²) in [4.78, 5) is 1.17. The molecule has 0 aliphatic carbocycles. The molecule has 0 saturated heterocycles. The fourth-order valence-electron chi connectivity index (χ4n) is 1.35. The van der Waals surface area contributed by atoms with Crippen molar-refractivity contribution in [2.75, 3.05) is 0 Å². The predicted octanol–water partition coefficient (Wildman–Crippen LogP) is 5.90. The van der Waals surface area contributed by atoms with E-state index in [1.807, 2.05) is 18.2 Å². The van der Waals surface area contributed by atoms with E-state index < -0.39 is 0 Å². The maximum Gasteiger partial charge on any atom is 0.124 e. The largest absolute Gasteiger partial charge is 0.207 e. The SMILES string of the molecule is Fc1cc(Br)cc(C(Br)c2ccc(Br)s2)c1. The van der Waals surface area contributed by atoms with Crippen molar-refractivity contribution in [3.63, 3.8) is 0 Å². The first-order valence-electron chi connectivity index (χ1n) is 4.41. The summed E-state index contributed by atoms with van der Waals surface area (Å²) in [5.41, 5.74) is 0.904. The van der Waals surface area contributed by atoms with E-state index in [-0.39, 0.29) is 10.6 Å². The maximum absolute atomic E-state index is 13.3. The smallest absolute Gasteiger partial charge is 0.124 e. The molecule has 1 aromatic heterocycles. The lowest BCUT2D eigenvalue weighted by atomic mass is 10.1. The number of hydrogen-bond donors (Lipinski definition) is 0. The average Bonchev–Trinajstić information content (AvgIpc) is 2.62. The molecule has 0 fully saturated rings. The molecular weight excluding hydrogens is 423 g/mol. The molecule has 0 aliphatic rings. The van der Waals surface area contributed by atoms with Crippen molar-refractivity contribution in [2.24, 2.45) is 0 Å². The molecule has 16 heavy (non-hydrogen) atoms. The molecule has 1 heterocycles. The van der Waals surface area contributed by atoms with Gasteiger partial charge in [0.15, 0.2) is 0 Å². The highest BCUT2D eigenvalue weighted by atomic mass is 79.9. The van der Waals surface area contributed by atoms with E-state index in [1.165, 1.54) is 12.1 Å². The molecule has 0 radical (unpaired) electrons. The van der Waals surface area contributed by atoms with Crippen molar-refractivity contribution in [1.29, 1.82) is 0 Å². The lowest BCUT2D eigenvalue weighted by Crippen LogP contribution is -1.91. The summed E-state index contributed by atoms with van der Waals surface area (Å²) in [6, 6.07) is 8.91. The second-order valence-corrected chi connectivity index (χ2v) is 7.53. The molecule has 0 saturated carbocycles. The highest BCUT2D eigenvalue weighted by molar-refractivity contribution is 9.11. The van der Waals surface area contributed by atoms with Gasteiger partial charge in [0.05, 0.1) is 8.61 Å². The van der Waals surface area contributed by atoms with Crippen LogP contribution in [-0.4, -0.2) is 0 Å². The van der Waals surface area contributed by atoms with Gasteiger partial charge in [-0.25, -0.2) is 4.39 Å². The molecule has 2 rings (SSSR count). The van der Waals surface area contributed by atoms with Gasteiger partial charge in [-0.15, -0.1) is 11.3 Å². The second-order valence-electron chi connectivity index (χ2n) is 3.21. The maximum atomic E-state index is 13.3. The van der Waals surface area contributed by atoms with Crippen LogP contribution in [0.4, 0.5) is 4.39 Å². The number of hydrogen-bond acceptors (Lipinski definition) is 1. The second kappa shape index (κ2) is 5.29. The van der Waals surface area contributed by atoms with Crippen molar-refractivity contribution in [1.82, 2.24) is 0 Å². The van der Waals surface area contributed by atoms with Crippen molar-refractivity contribution < 1.29 is 4.39 Å². The van der Waals surface area contributed by atoms with Crippen LogP contribution >= 0.6 is 59.1 Å². The Bertz CT molecular complexity index is 489. The van der Waals surface area contributed by atoms with E-state index in [1.54, 1.807) is 11.3 Å². The quantitative estimate of drug-likeness (QED) is 0.522. The normalized spacial score (nSPS) is 12.8. The van der Waals surface area contributed by atoms with Crippen molar-refractivity contribution in [2.45, 2.75) is 4.83 Å². The van der Waals surface area contributed by atoms with Gasteiger partial charge in [0.25, 0.3) is 0 Å². The molecule has 5 heteroatoms. The predicted molar refractivity (Wildman–Crippen MR) is 76.9 cm³/mol. The number of thiophene rings is 1. The Labute approximate surface area is 122 Å². The molecule has 0 bridgehead atoms. The molecular formula is C11H6Br3FS. The third-order valence-electron chi connectivity index (χ3n) is 2.02. The van der Waals surface area contributed by atoms with Gasteiger partial charge in [-0.2, -0.15) is 0 Å². The molecule has 1 atom stereocenters. The molecule has 0 aliphatic heterocycles. The van der Waals surface area contributed by atoms with Crippen LogP contribution in [-0.2, 0) is 0 Å². The summed E-state index contributed by atoms with van der Waals surface area (Å²) in [7, 11) is 0. The van der Waals surface area contributed by atoms with Gasteiger partial charge in [0.2, 0.25) is 0 Å². The molecule has 0 nitrogen and oxygen atoms in total. The summed E-state index contributed by atoms with van der Waals surface area (Å²) in [6.45, 7) is 0. The zero-order chi connectivity index (χ0) is 11.7. The Morgan fingerprint density at radius 1 is 1.12 bits per heavy atom. The van der Waals surface area contributed by atoms with Crippen LogP contribution in [0.5, 0.6) is 0 Å². The van der Waals surface area contributed by atoms with Gasteiger partial charge < -0.3 is 0 Å². The van der Waals surface area contributed by atoms with Crippen molar-refractivity contribution in [3.8, 4) is 0 Å². The van der Waals surface area contributed by atoms with Crippen LogP contribution in [0, 0.1) is 5.82 Å². The average molecular weight is 429 g/mol. The van der Waals surface area contributed by atoms with E-state index in [9.17, 15) is 4.39 Å². The minimum Gasteiger partial charge on any atom is -0.207 e. The van der Waals surface area contributed by atoms with Gasteiger partial charge in [0, 0.05) is 9.35 Å². The Balaban J connectivity index is 2.37. The van der Waals surface area contributed by atoms with Crippen LogP contribution in [0.15, 0.2) is 38.6 Å². The molecule has 2 aromatic rings. The molecule has 0 N–H and O–H groups in total. The van der Waals surface area contributed by atoms with Crippen molar-refractivity contribution in [3.05, 3.63) is 54.8 Å². The fourth-order valence-corrected chi connectivity index (χ4v) is 3.96. The van der Waals surface area contributed by atoms with E-state index in [4.69, 9.17) is 0 Å². The third kappa shape index (κ3) is 2.94. The summed E-state index contributed by atoms with van der Waals surface area (Å²) in [5.74, 6) is -0.232. The van der Waals surface area contributed by atoms with E-state index in [2.05, 4.69) is 47.8 Å². The molecule has 0 spiro atoms. The first kappa shape index (κ1) is 12.7. The van der Waals surface area contributed by atoms with E-state index >= 15 is 0 Å². The van der Waals surface area contributed by atoms with E-state index in [0.29, 0.717) is 0 Å². The van der Waals surface area contributed by atoms with Crippen LogP contribution in [0.25, 0.3) is 0 Å². The van der Waals surface area contributed by atoms with Gasteiger partial charge >= 0.3 is 0 Å². The Kier molecular flexibility index (Phi) is 4.21. The number of alkyl halides is 1. The summed E-state index contributed by atoms with van der Waals surface area (Å²) in [6.07, 6.45) is 0. The van der Waals surface area contributed by atoms with Gasteiger partial charge in [-0.05, 0) is 51.8 Å². The Morgan fingerprint density at radius 2 is 1.88 bits per heavy atom. The van der Waals surface area contributed by atoms with Gasteiger partial charge in [-0.3, -0.25) is 0 Å². The number of rotatable bonds is 2. The first-order valence-corrected chi connectivity index (χ1v) is 7.73. The summed E-state index contributed by atoms with van der Waals surface area (Å²) >= 11 is 11.9. The standard InChI is InChI=1S/C11H6Br3FS/c12-7-3-6(4-8(15)5-7)11(14)9-1-2-10(13)16-9/h1-5,11H. The minimum atomic E-state index is -0.232. The van der Waals surface area contributed by atoms with Crippen LogP contribution < -0.4 is 0 Å². The molecule has 0 amide bonds. The summed E-state index contributed by atoms with van der Waals surface area (Å²) in [5, 5.41) is 0. The van der Waals surface area contributed by atoms with Crippen LogP contribution in [0.2, 0.25) is 0 Å². The fraction of sp³-hybridized carbons (Fsp3) is 0.0909. The highest BCUT2D eigenvalue weighted by Crippen LogP contribution is 2.37. The topological polar surface area (TPSA) is 0 Å². The lowest BCUT2D eigenvalue weighted by molar-refractivity contribution is 0.625. The Morgan fingerprint density at radius 3 is 2.44 bits per heavy atom. The first-order chi connectivity index (χ1) is 7.56. The summed E-state index contributed by atoms with van der Waals surface area (Å²) < 4.78 is 15.1. The molecule has 1 unspecified atom stereocenters. The van der Waals surface area contributed by atoms with Crippen molar-refractivity contribution >= 4 is 59.1 Å². The lowest BCUT2D eigenvalue weighted by Gasteiger charge is -2.08. The molecule has 1 aromatic carbocycles. The van der Waals surface area contributed by atoms with Gasteiger partial charge in [-0.1, -0.05) is 31.9 Å². The van der Waals surface area contributed by atoms with Crippen LogP contribution in [0.1, 0.15) is 15.3 Å². The third-order valence-corrected chi connectivity index (χ3v) is 5.49. The monoisotopic (exact) mass is 426 g/mol. The van der Waals surface area contributed by atoms with Crippen LogP contribution in [0.3, 0.4) is 0 Å². The zero-order valence-corrected chi connectivity index (χ0v) is 13.5.